The van der Waals surface area contributed by atoms with Gasteiger partial charge in [0.05, 0.1) is 5.92 Å². The average molecular weight is 437 g/mol. The molecular formula is C25H28N2O5. The summed E-state index contributed by atoms with van der Waals surface area (Å²) >= 11 is 0. The van der Waals surface area contributed by atoms with Crippen LogP contribution in [0.1, 0.15) is 49.7 Å². The van der Waals surface area contributed by atoms with Gasteiger partial charge in [-0.2, -0.15) is 0 Å². The minimum atomic E-state index is -0.825. The number of carboxylic acid groups (broad SMARTS) is 1. The van der Waals surface area contributed by atoms with Crippen LogP contribution in [0.5, 0.6) is 0 Å². The second kappa shape index (κ2) is 9.42. The maximum Gasteiger partial charge on any atom is 0.407 e. The maximum atomic E-state index is 12.5. The van der Waals surface area contributed by atoms with Crippen molar-refractivity contribution in [2.45, 2.75) is 50.6 Å². The van der Waals surface area contributed by atoms with Crippen LogP contribution in [0.15, 0.2) is 48.5 Å². The van der Waals surface area contributed by atoms with Gasteiger partial charge >= 0.3 is 12.1 Å². The molecule has 3 N–H and O–H groups in total. The number of alkyl carbamates (subject to hydrolysis) is 1. The fourth-order valence-electron chi connectivity index (χ4n) is 4.75. The molecule has 3 atom stereocenters. The second-order valence-electron chi connectivity index (χ2n) is 8.60. The van der Waals surface area contributed by atoms with Crippen LogP contribution < -0.4 is 10.6 Å². The molecule has 0 radical (unpaired) electrons. The molecule has 1 fully saturated rings. The smallest absolute Gasteiger partial charge is 0.407 e. The van der Waals surface area contributed by atoms with Crippen LogP contribution in [0.3, 0.4) is 0 Å². The van der Waals surface area contributed by atoms with Crippen LogP contribution in [0.4, 0.5) is 4.79 Å². The first-order valence-electron chi connectivity index (χ1n) is 11.1. The number of hydrogen-bond acceptors (Lipinski definition) is 4. The first-order chi connectivity index (χ1) is 15.4. The lowest BCUT2D eigenvalue weighted by atomic mass is 9.85. The van der Waals surface area contributed by atoms with E-state index in [2.05, 4.69) is 22.8 Å². The average Bonchev–Trinajstić information content (AvgIpc) is 3.11. The van der Waals surface area contributed by atoms with Crippen molar-refractivity contribution >= 4 is 18.0 Å². The molecule has 0 aliphatic heterocycles. The quantitative estimate of drug-likeness (QED) is 0.641. The number of hydrogen-bond donors (Lipinski definition) is 3. The third kappa shape index (κ3) is 4.61. The predicted molar refractivity (Wildman–Crippen MR) is 119 cm³/mol. The van der Waals surface area contributed by atoms with E-state index in [1.807, 2.05) is 36.4 Å². The van der Waals surface area contributed by atoms with Crippen molar-refractivity contribution < 1.29 is 24.2 Å². The molecule has 32 heavy (non-hydrogen) atoms. The van der Waals surface area contributed by atoms with Crippen LogP contribution in [0, 0.1) is 5.92 Å². The standard InChI is InChI=1S/C25H28N2O5/c1-15(23(28)27-17-8-6-7-16(13-17)24(29)30)26-25(31)32-14-22-20-11-4-2-9-18(20)19-10-3-5-12-21(19)22/h2-5,9-12,15-17,22H,6-8,13-14H2,1H3,(H,26,31)(H,27,28)(H,29,30)/t15-,16?,17?/m1/s1. The number of nitrogens with one attached hydrogen (secondary N) is 2. The molecule has 0 aromatic heterocycles. The number of amides is 2. The van der Waals surface area contributed by atoms with E-state index in [9.17, 15) is 19.5 Å². The van der Waals surface area contributed by atoms with Gasteiger partial charge in [-0.3, -0.25) is 9.59 Å². The Morgan fingerprint density at radius 2 is 1.66 bits per heavy atom. The Morgan fingerprint density at radius 1 is 1.03 bits per heavy atom. The normalized spacial score (nSPS) is 20.5. The summed E-state index contributed by atoms with van der Waals surface area (Å²) in [5.74, 6) is -1.64. The molecule has 7 nitrogen and oxygen atoms in total. The summed E-state index contributed by atoms with van der Waals surface area (Å²) < 4.78 is 5.49. The van der Waals surface area contributed by atoms with Gasteiger partial charge in [0.2, 0.25) is 5.91 Å². The molecule has 2 amide bonds. The highest BCUT2D eigenvalue weighted by Crippen LogP contribution is 2.44. The Kier molecular flexibility index (Phi) is 6.44. The first-order valence-corrected chi connectivity index (χ1v) is 11.1. The van der Waals surface area contributed by atoms with Gasteiger partial charge in [0, 0.05) is 12.0 Å². The lowest BCUT2D eigenvalue weighted by molar-refractivity contribution is -0.143. The van der Waals surface area contributed by atoms with E-state index >= 15 is 0 Å². The van der Waals surface area contributed by atoms with E-state index in [-0.39, 0.29) is 24.5 Å². The van der Waals surface area contributed by atoms with E-state index in [1.54, 1.807) is 6.92 Å². The summed E-state index contributed by atoms with van der Waals surface area (Å²) in [4.78, 5) is 36.1. The van der Waals surface area contributed by atoms with E-state index in [0.29, 0.717) is 12.8 Å². The van der Waals surface area contributed by atoms with Gasteiger partial charge in [-0.05, 0) is 48.4 Å². The molecule has 2 unspecified atom stereocenters. The van der Waals surface area contributed by atoms with Gasteiger partial charge in [-0.25, -0.2) is 4.79 Å². The number of rotatable bonds is 6. The number of fused-ring (bicyclic) bond motifs is 3. The number of aliphatic carboxylic acids is 1. The van der Waals surface area contributed by atoms with Crippen molar-refractivity contribution in [3.8, 4) is 11.1 Å². The Bertz CT molecular complexity index is 975. The monoisotopic (exact) mass is 436 g/mol. The van der Waals surface area contributed by atoms with E-state index in [1.165, 1.54) is 0 Å². The summed E-state index contributed by atoms with van der Waals surface area (Å²) in [7, 11) is 0. The van der Waals surface area contributed by atoms with Gasteiger partial charge in [-0.1, -0.05) is 55.0 Å². The fourth-order valence-corrected chi connectivity index (χ4v) is 4.75. The molecule has 168 valence electrons. The van der Waals surface area contributed by atoms with Crippen LogP contribution in [-0.4, -0.2) is 41.8 Å². The van der Waals surface area contributed by atoms with Gasteiger partial charge in [-0.15, -0.1) is 0 Å². The summed E-state index contributed by atoms with van der Waals surface area (Å²) in [5, 5.41) is 14.6. The zero-order valence-electron chi connectivity index (χ0n) is 18.0. The molecule has 7 heteroatoms. The van der Waals surface area contributed by atoms with E-state index in [0.717, 1.165) is 35.1 Å². The predicted octanol–water partition coefficient (Wildman–Crippen LogP) is 3.67. The number of carbonyl (C=O) groups is 3. The van der Waals surface area contributed by atoms with E-state index < -0.39 is 24.0 Å². The minimum absolute atomic E-state index is 0.0486. The molecule has 4 rings (SSSR count). The largest absolute Gasteiger partial charge is 0.481 e. The molecule has 2 aliphatic carbocycles. The number of ether oxygens (including phenoxy) is 1. The zero-order chi connectivity index (χ0) is 22.7. The molecule has 2 aromatic carbocycles. The molecule has 0 saturated heterocycles. The second-order valence-corrected chi connectivity index (χ2v) is 8.60. The van der Waals surface area contributed by atoms with Crippen molar-refractivity contribution in [1.29, 1.82) is 0 Å². The van der Waals surface area contributed by atoms with Gasteiger partial charge in [0.15, 0.2) is 0 Å². The molecule has 2 aliphatic rings. The maximum absolute atomic E-state index is 12.5. The third-order valence-electron chi connectivity index (χ3n) is 6.44. The van der Waals surface area contributed by atoms with Crippen LogP contribution >= 0.6 is 0 Å². The summed E-state index contributed by atoms with van der Waals surface area (Å²) in [5.41, 5.74) is 4.55. The van der Waals surface area contributed by atoms with Gasteiger partial charge in [0.25, 0.3) is 0 Å². The lowest BCUT2D eigenvalue weighted by Gasteiger charge is -2.28. The van der Waals surface area contributed by atoms with Gasteiger partial charge < -0.3 is 20.5 Å². The highest BCUT2D eigenvalue weighted by atomic mass is 16.5. The Labute approximate surface area is 187 Å². The Morgan fingerprint density at radius 3 is 2.28 bits per heavy atom. The van der Waals surface area contributed by atoms with Crippen LogP contribution in [-0.2, 0) is 14.3 Å². The lowest BCUT2D eigenvalue weighted by Crippen LogP contribution is -2.49. The molecule has 2 aromatic rings. The summed E-state index contributed by atoms with van der Waals surface area (Å²) in [6, 6.07) is 15.2. The minimum Gasteiger partial charge on any atom is -0.481 e. The molecule has 0 spiro atoms. The highest BCUT2D eigenvalue weighted by molar-refractivity contribution is 5.85. The topological polar surface area (TPSA) is 105 Å². The zero-order valence-corrected chi connectivity index (χ0v) is 18.0. The van der Waals surface area contributed by atoms with Crippen molar-refractivity contribution in [3.63, 3.8) is 0 Å². The summed E-state index contributed by atoms with van der Waals surface area (Å²) in [6.07, 6.45) is 1.90. The van der Waals surface area contributed by atoms with Crippen molar-refractivity contribution in [3.05, 3.63) is 59.7 Å². The number of carboxylic acids is 1. The van der Waals surface area contributed by atoms with Crippen LogP contribution in [0.2, 0.25) is 0 Å². The van der Waals surface area contributed by atoms with Crippen molar-refractivity contribution in [2.24, 2.45) is 5.92 Å². The Balaban J connectivity index is 1.30. The first kappa shape index (κ1) is 21.9. The Hall–Kier alpha value is -3.35. The SMILES string of the molecule is C[C@@H](NC(=O)OCC1c2ccccc2-c2ccccc21)C(=O)NC1CCCC(C(=O)O)C1. The van der Waals surface area contributed by atoms with Crippen molar-refractivity contribution in [1.82, 2.24) is 10.6 Å². The van der Waals surface area contributed by atoms with Crippen LogP contribution in [0.25, 0.3) is 11.1 Å². The van der Waals surface area contributed by atoms with Gasteiger partial charge in [0.1, 0.15) is 12.6 Å². The van der Waals surface area contributed by atoms with Crippen molar-refractivity contribution in [2.75, 3.05) is 6.61 Å². The highest BCUT2D eigenvalue weighted by Gasteiger charge is 2.31. The molecule has 1 saturated carbocycles. The number of carbonyl (C=O) groups excluding carboxylic acids is 2. The number of benzene rings is 2. The fraction of sp³-hybridized carbons (Fsp3) is 0.400. The van der Waals surface area contributed by atoms with E-state index in [4.69, 9.17) is 4.74 Å². The molecule has 0 heterocycles. The molecule has 0 bridgehead atoms. The summed E-state index contributed by atoms with van der Waals surface area (Å²) in [6.45, 7) is 1.77. The molecular weight excluding hydrogens is 408 g/mol. The third-order valence-corrected chi connectivity index (χ3v) is 6.44.